The highest BCUT2D eigenvalue weighted by molar-refractivity contribution is 5.76. The number of piperidine rings is 1. The predicted octanol–water partition coefficient (Wildman–Crippen LogP) is 1.60. The second-order valence-corrected chi connectivity index (χ2v) is 5.19. The first-order chi connectivity index (χ1) is 10.7. The van der Waals surface area contributed by atoms with Crippen molar-refractivity contribution in [3.05, 3.63) is 35.9 Å². The molecule has 1 amide bonds. The van der Waals surface area contributed by atoms with E-state index in [0.29, 0.717) is 19.6 Å². The lowest BCUT2D eigenvalue weighted by Crippen LogP contribution is -2.52. The van der Waals surface area contributed by atoms with Gasteiger partial charge < -0.3 is 20.1 Å². The minimum absolute atomic E-state index is 0.0334. The third kappa shape index (κ3) is 5.04. The molecule has 1 saturated heterocycles. The Morgan fingerprint density at radius 1 is 1.23 bits per heavy atom. The van der Waals surface area contributed by atoms with Crippen LogP contribution in [0.3, 0.4) is 0 Å². The van der Waals surface area contributed by atoms with E-state index in [9.17, 15) is 9.59 Å². The molecule has 2 N–H and O–H groups in total. The zero-order chi connectivity index (χ0) is 15.8. The van der Waals surface area contributed by atoms with Crippen LogP contribution in [0.15, 0.2) is 30.3 Å². The van der Waals surface area contributed by atoms with Crippen LogP contribution in [0, 0.1) is 0 Å². The van der Waals surface area contributed by atoms with Gasteiger partial charge in [0.25, 0.3) is 0 Å². The van der Waals surface area contributed by atoms with Crippen LogP contribution in [-0.4, -0.2) is 37.3 Å². The highest BCUT2D eigenvalue weighted by Gasteiger charge is 2.27. The summed E-state index contributed by atoms with van der Waals surface area (Å²) in [5.41, 5.74) is 0.946. The van der Waals surface area contributed by atoms with Gasteiger partial charge in [-0.3, -0.25) is 4.79 Å². The number of carbonyl (C=O) groups is 2. The highest BCUT2D eigenvalue weighted by atomic mass is 16.5. The zero-order valence-electron chi connectivity index (χ0n) is 12.7. The monoisotopic (exact) mass is 306 g/mol. The molecule has 2 unspecified atom stereocenters. The van der Waals surface area contributed by atoms with Gasteiger partial charge in [0.15, 0.2) is 0 Å². The minimum Gasteiger partial charge on any atom is -0.465 e. The topological polar surface area (TPSA) is 76.7 Å². The van der Waals surface area contributed by atoms with Gasteiger partial charge in [-0.25, -0.2) is 4.79 Å². The molecular formula is C16H22N2O4. The fraction of sp³-hybridized carbons (Fsp3) is 0.500. The van der Waals surface area contributed by atoms with Crippen LogP contribution >= 0.6 is 0 Å². The number of nitrogens with one attached hydrogen (secondary N) is 2. The molecule has 2 atom stereocenters. The fourth-order valence-corrected chi connectivity index (χ4v) is 2.36. The molecule has 6 nitrogen and oxygen atoms in total. The lowest BCUT2D eigenvalue weighted by atomic mass is 10.0. The normalized spacial score (nSPS) is 21.0. The van der Waals surface area contributed by atoms with Crippen LogP contribution in [0.25, 0.3) is 0 Å². The van der Waals surface area contributed by atoms with Crippen molar-refractivity contribution >= 4 is 12.1 Å². The molecule has 0 bridgehead atoms. The summed E-state index contributed by atoms with van der Waals surface area (Å²) in [4.78, 5) is 23.3. The summed E-state index contributed by atoms with van der Waals surface area (Å²) in [6.45, 7) is 2.94. The van der Waals surface area contributed by atoms with Crippen molar-refractivity contribution in [2.75, 3.05) is 13.2 Å². The first kappa shape index (κ1) is 16.3. The average Bonchev–Trinajstić information content (AvgIpc) is 2.55. The Kier molecular flexibility index (Phi) is 6.21. The van der Waals surface area contributed by atoms with E-state index in [1.54, 1.807) is 6.92 Å². The Labute approximate surface area is 130 Å². The molecule has 1 fully saturated rings. The fourth-order valence-electron chi connectivity index (χ4n) is 2.36. The minimum atomic E-state index is -0.440. The predicted molar refractivity (Wildman–Crippen MR) is 81.2 cm³/mol. The van der Waals surface area contributed by atoms with Gasteiger partial charge in [0.1, 0.15) is 12.6 Å². The number of rotatable bonds is 5. The number of hydrogen-bond donors (Lipinski definition) is 2. The number of alkyl carbamates (subject to hydrolysis) is 1. The van der Waals surface area contributed by atoms with Crippen molar-refractivity contribution in [1.82, 2.24) is 10.6 Å². The number of ether oxygens (including phenoxy) is 2. The SMILES string of the molecule is CCOC(=O)C1CCC(NC(=O)OCc2ccccc2)CN1. The number of esters is 1. The molecule has 0 radical (unpaired) electrons. The van der Waals surface area contributed by atoms with E-state index in [1.807, 2.05) is 30.3 Å². The van der Waals surface area contributed by atoms with E-state index in [0.717, 1.165) is 12.0 Å². The lowest BCUT2D eigenvalue weighted by molar-refractivity contribution is -0.146. The number of amides is 1. The van der Waals surface area contributed by atoms with Crippen LogP contribution in [0.2, 0.25) is 0 Å². The van der Waals surface area contributed by atoms with Crippen molar-refractivity contribution < 1.29 is 19.1 Å². The van der Waals surface area contributed by atoms with Crippen LogP contribution in [0.1, 0.15) is 25.3 Å². The summed E-state index contributed by atoms with van der Waals surface area (Å²) in [6, 6.07) is 9.21. The maximum Gasteiger partial charge on any atom is 0.407 e. The Morgan fingerprint density at radius 3 is 2.64 bits per heavy atom. The highest BCUT2D eigenvalue weighted by Crippen LogP contribution is 2.10. The third-order valence-corrected chi connectivity index (χ3v) is 3.52. The summed E-state index contributed by atoms with van der Waals surface area (Å²) in [5, 5.41) is 5.89. The van der Waals surface area contributed by atoms with Gasteiger partial charge in [0, 0.05) is 12.6 Å². The second kappa shape index (κ2) is 8.38. The van der Waals surface area contributed by atoms with Gasteiger partial charge in [0.2, 0.25) is 0 Å². The molecule has 0 aliphatic carbocycles. The zero-order valence-corrected chi connectivity index (χ0v) is 12.7. The van der Waals surface area contributed by atoms with E-state index < -0.39 is 6.09 Å². The van der Waals surface area contributed by atoms with E-state index in [1.165, 1.54) is 0 Å². The van der Waals surface area contributed by atoms with Crippen LogP contribution in [-0.2, 0) is 20.9 Å². The standard InChI is InChI=1S/C16H22N2O4/c1-2-21-15(19)14-9-8-13(10-17-14)18-16(20)22-11-12-6-4-3-5-7-12/h3-7,13-14,17H,2,8-11H2,1H3,(H,18,20). The maximum atomic E-state index is 11.7. The molecule has 0 spiro atoms. The van der Waals surface area contributed by atoms with Gasteiger partial charge >= 0.3 is 12.1 Å². The van der Waals surface area contributed by atoms with Crippen molar-refractivity contribution in [3.8, 4) is 0 Å². The molecule has 1 heterocycles. The molecule has 0 aromatic heterocycles. The number of benzene rings is 1. The van der Waals surface area contributed by atoms with E-state index in [2.05, 4.69) is 10.6 Å². The van der Waals surface area contributed by atoms with Crippen LogP contribution < -0.4 is 10.6 Å². The largest absolute Gasteiger partial charge is 0.465 e. The molecule has 0 saturated carbocycles. The first-order valence-electron chi connectivity index (χ1n) is 7.56. The van der Waals surface area contributed by atoms with Gasteiger partial charge in [-0.15, -0.1) is 0 Å². The van der Waals surface area contributed by atoms with Crippen molar-refractivity contribution in [2.45, 2.75) is 38.5 Å². The summed E-state index contributed by atoms with van der Waals surface area (Å²) >= 11 is 0. The molecule has 120 valence electrons. The molecule has 2 rings (SSSR count). The Morgan fingerprint density at radius 2 is 2.00 bits per heavy atom. The summed E-state index contributed by atoms with van der Waals surface area (Å²) in [7, 11) is 0. The van der Waals surface area contributed by atoms with Crippen molar-refractivity contribution in [2.24, 2.45) is 0 Å². The van der Waals surface area contributed by atoms with Gasteiger partial charge in [-0.2, -0.15) is 0 Å². The van der Waals surface area contributed by atoms with Gasteiger partial charge in [-0.1, -0.05) is 30.3 Å². The molecule has 1 aliphatic rings. The molecule has 1 aliphatic heterocycles. The molecule has 1 aromatic rings. The van der Waals surface area contributed by atoms with E-state index in [-0.39, 0.29) is 24.7 Å². The smallest absolute Gasteiger partial charge is 0.407 e. The first-order valence-corrected chi connectivity index (χ1v) is 7.56. The summed E-state index contributed by atoms with van der Waals surface area (Å²) in [6.07, 6.45) is 0.921. The Hall–Kier alpha value is -2.08. The van der Waals surface area contributed by atoms with Crippen LogP contribution in [0.4, 0.5) is 4.79 Å². The van der Waals surface area contributed by atoms with Crippen molar-refractivity contribution in [1.29, 1.82) is 0 Å². The molecule has 1 aromatic carbocycles. The quantitative estimate of drug-likeness (QED) is 0.808. The average molecular weight is 306 g/mol. The molecular weight excluding hydrogens is 284 g/mol. The second-order valence-electron chi connectivity index (χ2n) is 5.19. The number of hydrogen-bond acceptors (Lipinski definition) is 5. The van der Waals surface area contributed by atoms with E-state index >= 15 is 0 Å². The third-order valence-electron chi connectivity index (χ3n) is 3.52. The van der Waals surface area contributed by atoms with Gasteiger partial charge in [0.05, 0.1) is 6.61 Å². The summed E-state index contributed by atoms with van der Waals surface area (Å²) < 4.78 is 10.1. The Bertz CT molecular complexity index is 484. The Balaban J connectivity index is 1.67. The number of carbonyl (C=O) groups excluding carboxylic acids is 2. The maximum absolute atomic E-state index is 11.7. The van der Waals surface area contributed by atoms with Crippen molar-refractivity contribution in [3.63, 3.8) is 0 Å². The summed E-state index contributed by atoms with van der Waals surface area (Å²) in [5.74, 6) is -0.229. The lowest BCUT2D eigenvalue weighted by Gasteiger charge is -2.28. The van der Waals surface area contributed by atoms with Crippen LogP contribution in [0.5, 0.6) is 0 Å². The molecule has 22 heavy (non-hydrogen) atoms. The molecule has 6 heteroatoms. The van der Waals surface area contributed by atoms with E-state index in [4.69, 9.17) is 9.47 Å². The van der Waals surface area contributed by atoms with Gasteiger partial charge in [-0.05, 0) is 25.3 Å².